The van der Waals surface area contributed by atoms with Crippen LogP contribution in [0.3, 0.4) is 0 Å². The van der Waals surface area contributed by atoms with Gasteiger partial charge in [0.15, 0.2) is 0 Å². The molecule has 0 radical (unpaired) electrons. The Bertz CT molecular complexity index is 325. The average Bonchev–Trinajstić information content (AvgIpc) is 2.16. The number of nitrogens with one attached hydrogen (secondary N) is 1. The second-order valence-corrected chi connectivity index (χ2v) is 3.39. The van der Waals surface area contributed by atoms with E-state index in [0.717, 1.165) is 4.90 Å². The van der Waals surface area contributed by atoms with Crippen molar-refractivity contribution in [1.82, 2.24) is 5.32 Å². The third kappa shape index (κ3) is 2.15. The summed E-state index contributed by atoms with van der Waals surface area (Å²) in [5.41, 5.74) is 6.83. The zero-order valence-electron chi connectivity index (χ0n) is 7.63. The molecule has 0 spiro atoms. The largest absolute Gasteiger partial charge is 0.399 e. The van der Waals surface area contributed by atoms with Crippen LogP contribution in [0.25, 0.3) is 0 Å². The van der Waals surface area contributed by atoms with Crippen LogP contribution in [0.1, 0.15) is 10.4 Å². The van der Waals surface area contributed by atoms with E-state index in [1.165, 1.54) is 11.8 Å². The van der Waals surface area contributed by atoms with E-state index in [1.807, 2.05) is 12.3 Å². The Morgan fingerprint density at radius 1 is 1.54 bits per heavy atom. The first kappa shape index (κ1) is 9.92. The van der Waals surface area contributed by atoms with Gasteiger partial charge in [0.05, 0.1) is 5.56 Å². The summed E-state index contributed by atoms with van der Waals surface area (Å²) in [6.45, 7) is 0. The Kier molecular flexibility index (Phi) is 3.19. The minimum atomic E-state index is -0.100. The number of benzene rings is 1. The number of hydrogen-bond donors (Lipinski definition) is 2. The van der Waals surface area contributed by atoms with E-state index in [9.17, 15) is 4.79 Å². The van der Waals surface area contributed by atoms with Gasteiger partial charge in [-0.05, 0) is 24.5 Å². The van der Waals surface area contributed by atoms with Crippen molar-refractivity contribution in [3.05, 3.63) is 23.8 Å². The fourth-order valence-corrected chi connectivity index (χ4v) is 1.61. The lowest BCUT2D eigenvalue weighted by atomic mass is 10.2. The molecule has 0 aliphatic heterocycles. The van der Waals surface area contributed by atoms with Crippen LogP contribution >= 0.6 is 11.8 Å². The summed E-state index contributed by atoms with van der Waals surface area (Å²) in [5.74, 6) is -0.100. The number of nitrogen functional groups attached to an aromatic ring is 1. The normalized spacial score (nSPS) is 9.69. The minimum absolute atomic E-state index is 0.100. The van der Waals surface area contributed by atoms with E-state index in [1.54, 1.807) is 19.2 Å². The fourth-order valence-electron chi connectivity index (χ4n) is 1.04. The molecule has 0 saturated heterocycles. The van der Waals surface area contributed by atoms with Crippen LogP contribution in [0.2, 0.25) is 0 Å². The lowest BCUT2D eigenvalue weighted by Gasteiger charge is -2.06. The van der Waals surface area contributed by atoms with Crippen LogP contribution in [0.4, 0.5) is 5.69 Å². The lowest BCUT2D eigenvalue weighted by Crippen LogP contribution is -2.18. The standard InChI is InChI=1S/C9H12N2OS/c1-11-9(12)7-5-6(10)3-4-8(7)13-2/h3-5H,10H2,1-2H3,(H,11,12). The van der Waals surface area contributed by atoms with Crippen molar-refractivity contribution in [2.45, 2.75) is 4.90 Å². The lowest BCUT2D eigenvalue weighted by molar-refractivity contribution is 0.0960. The van der Waals surface area contributed by atoms with Crippen molar-refractivity contribution in [3.8, 4) is 0 Å². The van der Waals surface area contributed by atoms with E-state index in [2.05, 4.69) is 5.32 Å². The molecule has 0 fully saturated rings. The van der Waals surface area contributed by atoms with Gasteiger partial charge in [0.2, 0.25) is 0 Å². The summed E-state index contributed by atoms with van der Waals surface area (Å²) >= 11 is 1.53. The third-order valence-electron chi connectivity index (χ3n) is 1.70. The quantitative estimate of drug-likeness (QED) is 0.554. The zero-order valence-corrected chi connectivity index (χ0v) is 8.44. The van der Waals surface area contributed by atoms with Crippen LogP contribution in [0.15, 0.2) is 23.1 Å². The molecule has 0 heterocycles. The number of thioether (sulfide) groups is 1. The molecule has 1 amide bonds. The molecular weight excluding hydrogens is 184 g/mol. The van der Waals surface area contributed by atoms with Crippen LogP contribution in [-0.2, 0) is 0 Å². The number of amides is 1. The first-order chi connectivity index (χ1) is 6.19. The van der Waals surface area contributed by atoms with Gasteiger partial charge in [-0.2, -0.15) is 0 Å². The molecule has 0 unspecified atom stereocenters. The second kappa shape index (κ2) is 4.18. The van der Waals surface area contributed by atoms with Crippen LogP contribution in [0, 0.1) is 0 Å². The van der Waals surface area contributed by atoms with E-state index in [-0.39, 0.29) is 5.91 Å². The number of carbonyl (C=O) groups excluding carboxylic acids is 1. The van der Waals surface area contributed by atoms with E-state index < -0.39 is 0 Å². The van der Waals surface area contributed by atoms with E-state index in [0.29, 0.717) is 11.3 Å². The molecule has 1 aromatic carbocycles. The minimum Gasteiger partial charge on any atom is -0.399 e. The average molecular weight is 196 g/mol. The zero-order chi connectivity index (χ0) is 9.84. The molecule has 0 aliphatic carbocycles. The molecule has 13 heavy (non-hydrogen) atoms. The number of nitrogens with two attached hydrogens (primary N) is 1. The molecule has 1 rings (SSSR count). The highest BCUT2D eigenvalue weighted by Gasteiger charge is 2.08. The smallest absolute Gasteiger partial charge is 0.252 e. The van der Waals surface area contributed by atoms with Crippen LogP contribution in [0.5, 0.6) is 0 Å². The molecule has 3 nitrogen and oxygen atoms in total. The van der Waals surface area contributed by atoms with Crippen molar-refractivity contribution in [2.75, 3.05) is 19.0 Å². The summed E-state index contributed by atoms with van der Waals surface area (Å²) in [5, 5.41) is 2.58. The highest BCUT2D eigenvalue weighted by molar-refractivity contribution is 7.98. The Balaban J connectivity index is 3.15. The van der Waals surface area contributed by atoms with Gasteiger partial charge in [-0.1, -0.05) is 0 Å². The van der Waals surface area contributed by atoms with Gasteiger partial charge >= 0.3 is 0 Å². The highest BCUT2D eigenvalue weighted by atomic mass is 32.2. The number of carbonyl (C=O) groups is 1. The summed E-state index contributed by atoms with van der Waals surface area (Å²) in [6.07, 6.45) is 1.93. The van der Waals surface area contributed by atoms with E-state index in [4.69, 9.17) is 5.73 Å². The monoisotopic (exact) mass is 196 g/mol. The van der Waals surface area contributed by atoms with Gasteiger partial charge in [-0.3, -0.25) is 4.79 Å². The topological polar surface area (TPSA) is 55.1 Å². The van der Waals surface area contributed by atoms with Crippen molar-refractivity contribution >= 4 is 23.4 Å². The molecule has 70 valence electrons. The van der Waals surface area contributed by atoms with E-state index >= 15 is 0 Å². The van der Waals surface area contributed by atoms with Gasteiger partial charge in [0.25, 0.3) is 5.91 Å². The van der Waals surface area contributed by atoms with Gasteiger partial charge in [-0.25, -0.2) is 0 Å². The van der Waals surface area contributed by atoms with Crippen LogP contribution in [-0.4, -0.2) is 19.2 Å². The number of hydrogen-bond acceptors (Lipinski definition) is 3. The highest BCUT2D eigenvalue weighted by Crippen LogP contribution is 2.22. The Morgan fingerprint density at radius 3 is 2.77 bits per heavy atom. The molecule has 4 heteroatoms. The molecular formula is C9H12N2OS. The Hall–Kier alpha value is -1.16. The maximum Gasteiger partial charge on any atom is 0.252 e. The van der Waals surface area contributed by atoms with Crippen molar-refractivity contribution < 1.29 is 4.79 Å². The van der Waals surface area contributed by atoms with Crippen molar-refractivity contribution in [1.29, 1.82) is 0 Å². The molecule has 0 bridgehead atoms. The van der Waals surface area contributed by atoms with Gasteiger partial charge in [0.1, 0.15) is 0 Å². The summed E-state index contributed by atoms with van der Waals surface area (Å²) in [6, 6.07) is 5.33. The number of rotatable bonds is 2. The second-order valence-electron chi connectivity index (χ2n) is 2.54. The first-order valence-electron chi connectivity index (χ1n) is 3.84. The Morgan fingerprint density at radius 2 is 2.23 bits per heavy atom. The predicted octanol–water partition coefficient (Wildman–Crippen LogP) is 1.35. The van der Waals surface area contributed by atoms with Gasteiger partial charge < -0.3 is 11.1 Å². The van der Waals surface area contributed by atoms with Crippen LogP contribution < -0.4 is 11.1 Å². The summed E-state index contributed by atoms with van der Waals surface area (Å²) in [7, 11) is 1.61. The first-order valence-corrected chi connectivity index (χ1v) is 5.07. The fraction of sp³-hybridized carbons (Fsp3) is 0.222. The number of anilines is 1. The molecule has 0 aliphatic rings. The predicted molar refractivity (Wildman–Crippen MR) is 56.0 cm³/mol. The van der Waals surface area contributed by atoms with Gasteiger partial charge in [-0.15, -0.1) is 11.8 Å². The third-order valence-corrected chi connectivity index (χ3v) is 2.49. The molecule has 0 saturated carbocycles. The molecule has 0 aromatic heterocycles. The maximum absolute atomic E-state index is 11.4. The summed E-state index contributed by atoms with van der Waals surface area (Å²) < 4.78 is 0. The summed E-state index contributed by atoms with van der Waals surface area (Å²) in [4.78, 5) is 12.3. The molecule has 3 N–H and O–H groups in total. The maximum atomic E-state index is 11.4. The SMILES string of the molecule is CNC(=O)c1cc(N)ccc1SC. The van der Waals surface area contributed by atoms with Gasteiger partial charge in [0, 0.05) is 17.6 Å². The molecule has 0 atom stereocenters. The van der Waals surface area contributed by atoms with Crippen molar-refractivity contribution in [3.63, 3.8) is 0 Å². The van der Waals surface area contributed by atoms with Crippen molar-refractivity contribution in [2.24, 2.45) is 0 Å². The molecule has 1 aromatic rings. The Labute approximate surface area is 81.7 Å².